The van der Waals surface area contributed by atoms with Gasteiger partial charge < -0.3 is 14.8 Å². The molecule has 7 nitrogen and oxygen atoms in total. The third-order valence-electron chi connectivity index (χ3n) is 4.75. The lowest BCUT2D eigenvalue weighted by atomic mass is 10.2. The first-order valence-corrected chi connectivity index (χ1v) is 7.55. The smallest absolute Gasteiger partial charge is 0.258 e. The summed E-state index contributed by atoms with van der Waals surface area (Å²) in [6, 6.07) is 0. The van der Waals surface area contributed by atoms with Crippen LogP contribution in [0, 0.1) is 18.8 Å². The number of rotatable bonds is 4. The third-order valence-corrected chi connectivity index (χ3v) is 4.75. The lowest BCUT2D eigenvalue weighted by molar-refractivity contribution is -0.255. The van der Waals surface area contributed by atoms with Crippen LogP contribution < -0.4 is 10.0 Å². The van der Waals surface area contributed by atoms with Crippen molar-refractivity contribution in [3.63, 3.8) is 0 Å². The molecule has 2 aromatic rings. The largest absolute Gasteiger partial charge is 0.545 e. The van der Waals surface area contributed by atoms with Crippen LogP contribution in [0.2, 0.25) is 0 Å². The Morgan fingerprint density at radius 2 is 2.08 bits per heavy atom. The number of aromatic nitrogens is 4. The van der Waals surface area contributed by atoms with Crippen LogP contribution in [0.1, 0.15) is 21.6 Å². The quantitative estimate of drug-likeness (QED) is 0.788. The molecule has 9 heteroatoms. The van der Waals surface area contributed by atoms with Gasteiger partial charge in [0.15, 0.2) is 0 Å². The van der Waals surface area contributed by atoms with Crippen LogP contribution in [0.3, 0.4) is 0 Å². The van der Waals surface area contributed by atoms with E-state index in [0.717, 1.165) is 5.56 Å². The van der Waals surface area contributed by atoms with Crippen LogP contribution in [0.5, 0.6) is 0 Å². The molecule has 0 N–H and O–H groups in total. The first-order chi connectivity index (χ1) is 11.4. The fraction of sp³-hybridized carbons (Fsp3) is 0.467. The first-order valence-electron chi connectivity index (χ1n) is 7.55. The van der Waals surface area contributed by atoms with Gasteiger partial charge >= 0.3 is 0 Å². The maximum atomic E-state index is 13.3. The monoisotopic (exact) mass is 334 g/mol. The topological polar surface area (TPSA) is 87.0 Å². The van der Waals surface area contributed by atoms with Gasteiger partial charge in [0.25, 0.3) is 5.92 Å². The Morgan fingerprint density at radius 1 is 1.38 bits per heavy atom. The fourth-order valence-corrected chi connectivity index (χ4v) is 3.19. The summed E-state index contributed by atoms with van der Waals surface area (Å²) >= 11 is 0. The van der Waals surface area contributed by atoms with Crippen molar-refractivity contribution in [1.29, 1.82) is 0 Å². The molecule has 0 radical (unpaired) electrons. The van der Waals surface area contributed by atoms with E-state index < -0.39 is 23.7 Å². The summed E-state index contributed by atoms with van der Waals surface area (Å²) in [7, 11) is 0. The van der Waals surface area contributed by atoms with Crippen LogP contribution in [0.25, 0.3) is 0 Å². The normalized spacial score (nSPS) is 24.0. The zero-order valence-electron chi connectivity index (χ0n) is 12.8. The summed E-state index contributed by atoms with van der Waals surface area (Å²) in [6.45, 7) is 2.69. The second kappa shape index (κ2) is 4.96. The first kappa shape index (κ1) is 15.0. The molecule has 0 bridgehead atoms. The molecule has 1 aliphatic heterocycles. The number of aryl methyl sites for hydroxylation is 1. The van der Waals surface area contributed by atoms with E-state index >= 15 is 0 Å². The predicted octanol–water partition coefficient (Wildman–Crippen LogP) is 0.0946. The Bertz CT molecular complexity index is 808. The Hall–Kier alpha value is -2.58. The van der Waals surface area contributed by atoms with Crippen molar-refractivity contribution in [2.45, 2.75) is 19.4 Å². The van der Waals surface area contributed by atoms with E-state index in [1.165, 1.54) is 17.1 Å². The van der Waals surface area contributed by atoms with E-state index in [9.17, 15) is 18.7 Å². The maximum absolute atomic E-state index is 13.3. The number of anilines is 1. The molecule has 126 valence electrons. The van der Waals surface area contributed by atoms with Crippen LogP contribution in [0.4, 0.5) is 14.7 Å². The van der Waals surface area contributed by atoms with Crippen molar-refractivity contribution in [2.24, 2.45) is 11.8 Å². The van der Waals surface area contributed by atoms with Crippen molar-refractivity contribution in [2.75, 3.05) is 18.0 Å². The highest BCUT2D eigenvalue weighted by Crippen LogP contribution is 2.59. The second-order valence-electron chi connectivity index (χ2n) is 6.29. The van der Waals surface area contributed by atoms with Gasteiger partial charge in [-0.3, -0.25) is 4.68 Å². The highest BCUT2D eigenvalue weighted by molar-refractivity contribution is 5.84. The number of piperidine rings is 1. The van der Waals surface area contributed by atoms with E-state index in [2.05, 4.69) is 15.1 Å². The highest BCUT2D eigenvalue weighted by atomic mass is 19.3. The van der Waals surface area contributed by atoms with Gasteiger partial charge in [-0.1, -0.05) is 0 Å². The van der Waals surface area contributed by atoms with Crippen molar-refractivity contribution in [3.05, 3.63) is 35.4 Å². The number of hydrogen-bond acceptors (Lipinski definition) is 6. The summed E-state index contributed by atoms with van der Waals surface area (Å²) < 4.78 is 28.0. The van der Waals surface area contributed by atoms with Gasteiger partial charge in [-0.15, -0.1) is 0 Å². The van der Waals surface area contributed by atoms with Gasteiger partial charge in [0.05, 0.1) is 30.5 Å². The summed E-state index contributed by atoms with van der Waals surface area (Å²) in [5, 5.41) is 14.7. The van der Waals surface area contributed by atoms with E-state index in [4.69, 9.17) is 0 Å². The Morgan fingerprint density at radius 3 is 2.67 bits per heavy atom. The van der Waals surface area contributed by atoms with E-state index in [1.807, 2.05) is 0 Å². The Kier molecular flexibility index (Phi) is 3.09. The number of alkyl halides is 2. The minimum absolute atomic E-state index is 0.00223. The number of carboxylic acid groups (broad SMARTS) is 1. The van der Waals surface area contributed by atoms with Crippen molar-refractivity contribution >= 4 is 11.9 Å². The number of nitrogens with zero attached hydrogens (tertiary/aromatic N) is 5. The van der Waals surface area contributed by atoms with E-state index in [0.29, 0.717) is 18.2 Å². The summed E-state index contributed by atoms with van der Waals surface area (Å²) in [6.07, 6.45) is 4.22. The standard InChI is InChI=1S/C15H15F2N5O2/c1-8-9(4-22-5-10(3-19-22)13(23)24)2-18-14(20-8)21-6-11-12(7-21)15(11,16)17/h2-3,5,11-12H,4,6-7H2,1H3,(H,23,24)/p-1. The Labute approximate surface area is 135 Å². The molecular formula is C15H14F2N5O2-. The molecule has 3 heterocycles. The van der Waals surface area contributed by atoms with Gasteiger partial charge in [0.2, 0.25) is 5.95 Å². The Balaban J connectivity index is 1.47. The molecule has 24 heavy (non-hydrogen) atoms. The van der Waals surface area contributed by atoms with Crippen LogP contribution in [-0.4, -0.2) is 44.7 Å². The van der Waals surface area contributed by atoms with Crippen molar-refractivity contribution in [1.82, 2.24) is 19.7 Å². The number of carboxylic acids is 1. The van der Waals surface area contributed by atoms with Gasteiger partial charge in [0, 0.05) is 42.3 Å². The lowest BCUT2D eigenvalue weighted by Gasteiger charge is -2.20. The number of carbonyl (C=O) groups excluding carboxylic acids is 1. The molecule has 1 saturated carbocycles. The molecule has 2 aromatic heterocycles. The number of aromatic carboxylic acids is 1. The minimum atomic E-state index is -2.53. The molecule has 0 aromatic carbocycles. The summed E-state index contributed by atoms with van der Waals surface area (Å²) in [4.78, 5) is 21.2. The van der Waals surface area contributed by atoms with Gasteiger partial charge in [0.1, 0.15) is 0 Å². The molecule has 0 spiro atoms. The SMILES string of the molecule is Cc1nc(N2CC3C(C2)C3(F)F)ncc1Cn1cc(C(=O)[O-])cn1. The molecule has 1 saturated heterocycles. The molecule has 2 fully saturated rings. The second-order valence-corrected chi connectivity index (χ2v) is 6.29. The minimum Gasteiger partial charge on any atom is -0.545 e. The van der Waals surface area contributed by atoms with Crippen molar-refractivity contribution in [3.8, 4) is 0 Å². The van der Waals surface area contributed by atoms with Crippen LogP contribution >= 0.6 is 0 Å². The van der Waals surface area contributed by atoms with Gasteiger partial charge in [-0.2, -0.15) is 5.10 Å². The molecule has 4 rings (SSSR count). The number of fused-ring (bicyclic) bond motifs is 1. The van der Waals surface area contributed by atoms with Crippen molar-refractivity contribution < 1.29 is 18.7 Å². The summed E-state index contributed by atoms with van der Waals surface area (Å²) in [5.41, 5.74) is 1.49. The molecule has 2 atom stereocenters. The average molecular weight is 334 g/mol. The zero-order chi connectivity index (χ0) is 17.1. The molecule has 2 unspecified atom stereocenters. The lowest BCUT2D eigenvalue weighted by Crippen LogP contribution is -2.29. The molecule has 0 amide bonds. The third kappa shape index (κ3) is 2.31. The molecule has 2 aliphatic rings. The zero-order valence-corrected chi connectivity index (χ0v) is 12.8. The average Bonchev–Trinajstić information content (AvgIpc) is 3.00. The predicted molar refractivity (Wildman–Crippen MR) is 76.6 cm³/mol. The van der Waals surface area contributed by atoms with Crippen LogP contribution in [-0.2, 0) is 6.54 Å². The fourth-order valence-electron chi connectivity index (χ4n) is 3.19. The number of halogens is 2. The molecule has 1 aliphatic carbocycles. The highest BCUT2D eigenvalue weighted by Gasteiger charge is 2.71. The van der Waals surface area contributed by atoms with E-state index in [-0.39, 0.29) is 18.7 Å². The number of carbonyl (C=O) groups is 1. The molecular weight excluding hydrogens is 320 g/mol. The van der Waals surface area contributed by atoms with E-state index in [1.54, 1.807) is 18.0 Å². The summed E-state index contributed by atoms with van der Waals surface area (Å²) in [5.74, 6) is -4.51. The number of hydrogen-bond donors (Lipinski definition) is 0. The van der Waals surface area contributed by atoms with Crippen LogP contribution in [0.15, 0.2) is 18.6 Å². The van der Waals surface area contributed by atoms with Gasteiger partial charge in [-0.05, 0) is 6.92 Å². The maximum Gasteiger partial charge on any atom is 0.258 e. The van der Waals surface area contributed by atoms with Gasteiger partial charge in [-0.25, -0.2) is 18.7 Å².